The molecule has 0 unspecified atom stereocenters. The van der Waals surface area contributed by atoms with Gasteiger partial charge in [0.05, 0.1) is 12.9 Å². The van der Waals surface area contributed by atoms with Crippen molar-refractivity contribution in [1.29, 1.82) is 0 Å². The third kappa shape index (κ3) is 5.59. The summed E-state index contributed by atoms with van der Waals surface area (Å²) in [5.74, 6) is 1.19. The molecule has 0 bridgehead atoms. The van der Waals surface area contributed by atoms with Crippen molar-refractivity contribution in [3.8, 4) is 22.8 Å². The molecule has 8 heteroatoms. The van der Waals surface area contributed by atoms with Gasteiger partial charge < -0.3 is 10.1 Å². The molecule has 0 spiro atoms. The fourth-order valence-corrected chi connectivity index (χ4v) is 4.17. The van der Waals surface area contributed by atoms with Gasteiger partial charge in [0, 0.05) is 17.8 Å². The Bertz CT molecular complexity index is 1210. The molecule has 3 aromatic carbocycles. The zero-order chi connectivity index (χ0) is 23.0. The summed E-state index contributed by atoms with van der Waals surface area (Å²) >= 11 is 1.28. The molecule has 1 heterocycles. The molecule has 0 fully saturated rings. The van der Waals surface area contributed by atoms with E-state index in [2.05, 4.69) is 15.5 Å². The minimum atomic E-state index is -0.322. The van der Waals surface area contributed by atoms with Crippen molar-refractivity contribution in [2.75, 3.05) is 19.4 Å². The number of nitrogens with one attached hydrogen (secondary N) is 1. The predicted molar refractivity (Wildman–Crippen MR) is 127 cm³/mol. The van der Waals surface area contributed by atoms with Gasteiger partial charge in [-0.25, -0.2) is 4.39 Å². The summed E-state index contributed by atoms with van der Waals surface area (Å²) in [6, 6.07) is 23.5. The number of hydrogen-bond donors (Lipinski definition) is 1. The lowest BCUT2D eigenvalue weighted by molar-refractivity contribution is -0.118. The second-order valence-corrected chi connectivity index (χ2v) is 8.13. The molecule has 0 atom stereocenters. The number of benzene rings is 3. The van der Waals surface area contributed by atoms with Gasteiger partial charge in [-0.1, -0.05) is 60.3 Å². The van der Waals surface area contributed by atoms with Crippen LogP contribution in [0.1, 0.15) is 5.56 Å². The highest BCUT2D eigenvalue weighted by atomic mass is 32.2. The number of ether oxygens (including phenoxy) is 1. The van der Waals surface area contributed by atoms with E-state index in [1.807, 2.05) is 59.2 Å². The van der Waals surface area contributed by atoms with Crippen molar-refractivity contribution in [1.82, 2.24) is 20.1 Å². The van der Waals surface area contributed by atoms with Gasteiger partial charge >= 0.3 is 0 Å². The summed E-state index contributed by atoms with van der Waals surface area (Å²) in [7, 11) is 1.63. The Morgan fingerprint density at radius 1 is 1.00 bits per heavy atom. The Kier molecular flexibility index (Phi) is 7.36. The fraction of sp³-hybridized carbons (Fsp3) is 0.160. The maximum atomic E-state index is 13.5. The van der Waals surface area contributed by atoms with E-state index in [1.54, 1.807) is 19.2 Å². The van der Waals surface area contributed by atoms with Gasteiger partial charge in [-0.2, -0.15) is 0 Å². The number of carbonyl (C=O) groups is 1. The molecule has 1 N–H and O–H groups in total. The van der Waals surface area contributed by atoms with Gasteiger partial charge in [0.25, 0.3) is 0 Å². The number of aromatic nitrogens is 3. The Morgan fingerprint density at radius 3 is 2.48 bits per heavy atom. The zero-order valence-electron chi connectivity index (χ0n) is 18.1. The summed E-state index contributed by atoms with van der Waals surface area (Å²) in [6.07, 6.45) is 0.671. The first-order chi connectivity index (χ1) is 16.2. The molecule has 0 aliphatic rings. The maximum absolute atomic E-state index is 13.5. The predicted octanol–water partition coefficient (Wildman–Crippen LogP) is 4.53. The van der Waals surface area contributed by atoms with E-state index >= 15 is 0 Å². The molecule has 33 heavy (non-hydrogen) atoms. The van der Waals surface area contributed by atoms with Crippen LogP contribution in [0.25, 0.3) is 17.1 Å². The quantitative estimate of drug-likeness (QED) is 0.370. The van der Waals surface area contributed by atoms with Gasteiger partial charge in [0.1, 0.15) is 11.6 Å². The van der Waals surface area contributed by atoms with Crippen molar-refractivity contribution in [2.45, 2.75) is 11.6 Å². The van der Waals surface area contributed by atoms with Gasteiger partial charge in [-0.15, -0.1) is 10.2 Å². The molecule has 0 aliphatic heterocycles. The Hall–Kier alpha value is -3.65. The number of amides is 1. The molecule has 4 aromatic rings. The van der Waals surface area contributed by atoms with Crippen molar-refractivity contribution >= 4 is 17.7 Å². The van der Waals surface area contributed by atoms with Crippen LogP contribution in [0.15, 0.2) is 84.0 Å². The monoisotopic (exact) mass is 462 g/mol. The highest BCUT2D eigenvalue weighted by Gasteiger charge is 2.17. The Balaban J connectivity index is 1.45. The Morgan fingerprint density at radius 2 is 1.73 bits per heavy atom. The lowest BCUT2D eigenvalue weighted by Crippen LogP contribution is -2.27. The van der Waals surface area contributed by atoms with Crippen molar-refractivity contribution in [3.63, 3.8) is 0 Å². The minimum Gasteiger partial charge on any atom is -0.496 e. The molecular weight excluding hydrogens is 439 g/mol. The first-order valence-corrected chi connectivity index (χ1v) is 11.4. The minimum absolute atomic E-state index is 0.107. The summed E-state index contributed by atoms with van der Waals surface area (Å²) in [5, 5.41) is 12.1. The van der Waals surface area contributed by atoms with Crippen LogP contribution in [-0.2, 0) is 11.2 Å². The SMILES string of the molecule is COc1ccccc1CCNC(=O)CSc1nnc(-c2ccccc2)n1-c1ccc(F)cc1. The van der Waals surface area contributed by atoms with E-state index in [9.17, 15) is 9.18 Å². The average Bonchev–Trinajstić information content (AvgIpc) is 3.28. The maximum Gasteiger partial charge on any atom is 0.230 e. The van der Waals surface area contributed by atoms with Crippen molar-refractivity contribution in [2.24, 2.45) is 0 Å². The lowest BCUT2D eigenvalue weighted by atomic mass is 10.1. The largest absolute Gasteiger partial charge is 0.496 e. The molecule has 1 amide bonds. The third-order valence-corrected chi connectivity index (χ3v) is 5.92. The van der Waals surface area contributed by atoms with Crippen LogP contribution >= 0.6 is 11.8 Å². The van der Waals surface area contributed by atoms with Crippen LogP contribution in [0.5, 0.6) is 5.75 Å². The topological polar surface area (TPSA) is 69.0 Å². The molecular formula is C25H23FN4O2S. The summed E-state index contributed by atoms with van der Waals surface area (Å²) in [6.45, 7) is 0.500. The van der Waals surface area contributed by atoms with E-state index in [0.717, 1.165) is 22.6 Å². The second-order valence-electron chi connectivity index (χ2n) is 7.18. The summed E-state index contributed by atoms with van der Waals surface area (Å²) in [5.41, 5.74) is 2.64. The molecule has 0 radical (unpaired) electrons. The normalized spacial score (nSPS) is 10.7. The number of methoxy groups -OCH3 is 1. The van der Waals surface area contributed by atoms with Crippen LogP contribution in [0.3, 0.4) is 0 Å². The zero-order valence-corrected chi connectivity index (χ0v) is 18.9. The smallest absolute Gasteiger partial charge is 0.230 e. The first-order valence-electron chi connectivity index (χ1n) is 10.4. The number of thioether (sulfide) groups is 1. The number of rotatable bonds is 9. The van der Waals surface area contributed by atoms with Gasteiger partial charge in [0.2, 0.25) is 5.91 Å². The van der Waals surface area contributed by atoms with Crippen LogP contribution < -0.4 is 10.1 Å². The van der Waals surface area contributed by atoms with Crippen molar-refractivity contribution in [3.05, 3.63) is 90.2 Å². The van der Waals surface area contributed by atoms with E-state index in [-0.39, 0.29) is 17.5 Å². The lowest BCUT2D eigenvalue weighted by Gasteiger charge is -2.11. The fourth-order valence-electron chi connectivity index (χ4n) is 3.39. The molecule has 0 saturated heterocycles. The number of para-hydroxylation sites is 1. The molecule has 1 aromatic heterocycles. The number of carbonyl (C=O) groups excluding carboxylic acids is 1. The van der Waals surface area contributed by atoms with Gasteiger partial charge in [-0.3, -0.25) is 9.36 Å². The van der Waals surface area contributed by atoms with E-state index in [0.29, 0.717) is 23.9 Å². The Labute approximate surface area is 195 Å². The van der Waals surface area contributed by atoms with E-state index < -0.39 is 0 Å². The number of nitrogens with zero attached hydrogens (tertiary/aromatic N) is 3. The van der Waals surface area contributed by atoms with Gasteiger partial charge in [0.15, 0.2) is 11.0 Å². The standard InChI is InChI=1S/C25H23FN4O2S/c1-32-22-10-6-5-7-18(22)15-16-27-23(31)17-33-25-29-28-24(19-8-3-2-4-9-19)30(25)21-13-11-20(26)12-14-21/h2-14H,15-17H2,1H3,(H,27,31). The summed E-state index contributed by atoms with van der Waals surface area (Å²) in [4.78, 5) is 12.5. The number of halogens is 1. The van der Waals surface area contributed by atoms with Crippen molar-refractivity contribution < 1.29 is 13.9 Å². The van der Waals surface area contributed by atoms with Crippen LogP contribution in [0, 0.1) is 5.82 Å². The van der Waals surface area contributed by atoms with E-state index in [1.165, 1.54) is 23.9 Å². The highest BCUT2D eigenvalue weighted by Crippen LogP contribution is 2.28. The average molecular weight is 463 g/mol. The summed E-state index contributed by atoms with van der Waals surface area (Å²) < 4.78 is 20.7. The van der Waals surface area contributed by atoms with Crippen LogP contribution in [-0.4, -0.2) is 40.1 Å². The molecule has 0 saturated carbocycles. The molecule has 6 nitrogen and oxygen atoms in total. The van der Waals surface area contributed by atoms with Crippen LogP contribution in [0.4, 0.5) is 4.39 Å². The first kappa shape index (κ1) is 22.5. The molecule has 0 aliphatic carbocycles. The molecule has 4 rings (SSSR count). The number of hydrogen-bond acceptors (Lipinski definition) is 5. The highest BCUT2D eigenvalue weighted by molar-refractivity contribution is 7.99. The molecule has 168 valence electrons. The third-order valence-electron chi connectivity index (χ3n) is 4.99. The second kappa shape index (κ2) is 10.8. The van der Waals surface area contributed by atoms with Crippen LogP contribution in [0.2, 0.25) is 0 Å². The van der Waals surface area contributed by atoms with E-state index in [4.69, 9.17) is 4.74 Å². The van der Waals surface area contributed by atoms with Gasteiger partial charge in [-0.05, 0) is 42.3 Å².